The highest BCUT2D eigenvalue weighted by atomic mass is 79.9. The van der Waals surface area contributed by atoms with Crippen molar-refractivity contribution in [3.8, 4) is 0 Å². The van der Waals surface area contributed by atoms with Crippen LogP contribution in [-0.2, 0) is 7.05 Å². The van der Waals surface area contributed by atoms with Crippen molar-refractivity contribution < 1.29 is 4.39 Å². The lowest BCUT2D eigenvalue weighted by Gasteiger charge is -1.93. The van der Waals surface area contributed by atoms with Gasteiger partial charge in [-0.05, 0) is 12.1 Å². The maximum atomic E-state index is 13.1. The third-order valence-electron chi connectivity index (χ3n) is 1.64. The molecule has 0 saturated carbocycles. The third-order valence-corrected chi connectivity index (χ3v) is 2.09. The van der Waals surface area contributed by atoms with Crippen LogP contribution in [0.5, 0.6) is 0 Å². The van der Waals surface area contributed by atoms with Gasteiger partial charge >= 0.3 is 0 Å². The quantitative estimate of drug-likeness (QED) is 0.691. The largest absolute Gasteiger partial charge is 0.248 e. The molecule has 5 heteroatoms. The minimum absolute atomic E-state index is 0.306. The molecule has 2 rings (SSSR count). The molecule has 0 radical (unpaired) electrons. The van der Waals surface area contributed by atoms with Crippen LogP contribution in [0, 0.1) is 5.82 Å². The van der Waals surface area contributed by atoms with Crippen LogP contribution in [0.25, 0.3) is 11.0 Å². The Morgan fingerprint density at radius 1 is 1.50 bits per heavy atom. The molecule has 1 aromatic carbocycles. The lowest BCUT2D eigenvalue weighted by molar-refractivity contribution is 0.635. The molecule has 0 spiro atoms. The summed E-state index contributed by atoms with van der Waals surface area (Å²) in [6.45, 7) is 0. The zero-order valence-electron chi connectivity index (χ0n) is 6.25. The van der Waals surface area contributed by atoms with Gasteiger partial charge in [-0.15, -0.1) is 5.10 Å². The average Bonchev–Trinajstić information content (AvgIpc) is 2.33. The van der Waals surface area contributed by atoms with Gasteiger partial charge in [0.25, 0.3) is 0 Å². The number of nitrogens with zero attached hydrogens (tertiary/aromatic N) is 3. The first-order valence-corrected chi connectivity index (χ1v) is 4.12. The molecule has 0 aliphatic rings. The van der Waals surface area contributed by atoms with Crippen LogP contribution < -0.4 is 0 Å². The van der Waals surface area contributed by atoms with Crippen LogP contribution >= 0.6 is 15.9 Å². The van der Waals surface area contributed by atoms with E-state index in [2.05, 4.69) is 26.2 Å². The molecule has 1 heterocycles. The fourth-order valence-corrected chi connectivity index (χ4v) is 1.48. The molecule has 0 fully saturated rings. The molecule has 0 aliphatic carbocycles. The topological polar surface area (TPSA) is 30.7 Å². The van der Waals surface area contributed by atoms with Gasteiger partial charge in [-0.2, -0.15) is 0 Å². The molecule has 0 saturated heterocycles. The summed E-state index contributed by atoms with van der Waals surface area (Å²) in [5.74, 6) is -0.354. The summed E-state index contributed by atoms with van der Waals surface area (Å²) >= 11 is 3.19. The zero-order valence-corrected chi connectivity index (χ0v) is 7.84. The second kappa shape index (κ2) is 2.52. The highest BCUT2D eigenvalue weighted by molar-refractivity contribution is 9.10. The van der Waals surface area contributed by atoms with Gasteiger partial charge in [0.2, 0.25) is 0 Å². The number of rotatable bonds is 0. The molecule has 0 bridgehead atoms. The first-order valence-electron chi connectivity index (χ1n) is 3.33. The maximum absolute atomic E-state index is 13.1. The number of benzene rings is 1. The second-order valence-corrected chi connectivity index (χ2v) is 3.38. The minimum Gasteiger partial charge on any atom is -0.248 e. The average molecular weight is 230 g/mol. The third kappa shape index (κ3) is 1.01. The molecule has 0 unspecified atom stereocenters. The summed E-state index contributed by atoms with van der Waals surface area (Å²) in [5, 5.41) is 7.38. The summed E-state index contributed by atoms with van der Waals surface area (Å²) in [6, 6.07) is 3.15. The van der Waals surface area contributed by atoms with Gasteiger partial charge in [-0.25, -0.2) is 9.07 Å². The SMILES string of the molecule is Cn1nnc2c(F)cc(Br)cc21. The normalized spacial score (nSPS) is 10.9. The Hall–Kier alpha value is -0.970. The Morgan fingerprint density at radius 2 is 2.25 bits per heavy atom. The summed E-state index contributed by atoms with van der Waals surface area (Å²) in [5.41, 5.74) is 0.988. The highest BCUT2D eigenvalue weighted by Crippen LogP contribution is 2.20. The molecular weight excluding hydrogens is 225 g/mol. The van der Waals surface area contributed by atoms with Crippen LogP contribution in [0.1, 0.15) is 0 Å². The van der Waals surface area contributed by atoms with E-state index in [0.29, 0.717) is 15.5 Å². The van der Waals surface area contributed by atoms with E-state index in [1.165, 1.54) is 10.7 Å². The molecule has 0 amide bonds. The maximum Gasteiger partial charge on any atom is 0.154 e. The van der Waals surface area contributed by atoms with E-state index in [4.69, 9.17) is 0 Å². The number of aryl methyl sites for hydroxylation is 1. The van der Waals surface area contributed by atoms with Gasteiger partial charge in [0, 0.05) is 11.5 Å². The van der Waals surface area contributed by atoms with E-state index in [9.17, 15) is 4.39 Å². The Morgan fingerprint density at radius 3 is 3.00 bits per heavy atom. The molecule has 1 aromatic heterocycles. The molecule has 0 atom stereocenters. The fourth-order valence-electron chi connectivity index (χ4n) is 1.06. The molecule has 3 nitrogen and oxygen atoms in total. The first kappa shape index (κ1) is 7.67. The van der Waals surface area contributed by atoms with Gasteiger partial charge < -0.3 is 0 Å². The summed E-state index contributed by atoms with van der Waals surface area (Å²) < 4.78 is 15.3. The van der Waals surface area contributed by atoms with E-state index >= 15 is 0 Å². The van der Waals surface area contributed by atoms with E-state index in [0.717, 1.165) is 0 Å². The van der Waals surface area contributed by atoms with Gasteiger partial charge in [-0.1, -0.05) is 21.1 Å². The van der Waals surface area contributed by atoms with E-state index in [1.807, 2.05) is 0 Å². The standard InChI is InChI=1S/C7H5BrFN3/c1-12-6-3-4(8)2-5(9)7(6)10-11-12/h2-3H,1H3. The minimum atomic E-state index is -0.354. The van der Waals surface area contributed by atoms with Crippen LogP contribution in [0.15, 0.2) is 16.6 Å². The van der Waals surface area contributed by atoms with Crippen LogP contribution in [0.2, 0.25) is 0 Å². The first-order chi connectivity index (χ1) is 5.68. The summed E-state index contributed by atoms with van der Waals surface area (Å²) in [6.07, 6.45) is 0. The summed E-state index contributed by atoms with van der Waals surface area (Å²) in [4.78, 5) is 0. The van der Waals surface area contributed by atoms with Gasteiger partial charge in [0.15, 0.2) is 5.82 Å². The van der Waals surface area contributed by atoms with Gasteiger partial charge in [0.05, 0.1) is 5.52 Å². The predicted octanol–water partition coefficient (Wildman–Crippen LogP) is 1.87. The number of hydrogen-bond donors (Lipinski definition) is 0. The monoisotopic (exact) mass is 229 g/mol. The lowest BCUT2D eigenvalue weighted by atomic mass is 10.3. The Kier molecular flexibility index (Phi) is 1.61. The van der Waals surface area contributed by atoms with Crippen molar-refractivity contribution in [3.05, 3.63) is 22.4 Å². The van der Waals surface area contributed by atoms with E-state index in [1.54, 1.807) is 13.1 Å². The Labute approximate surface area is 76.3 Å². The van der Waals surface area contributed by atoms with Crippen molar-refractivity contribution in [3.63, 3.8) is 0 Å². The molecule has 62 valence electrons. The van der Waals surface area contributed by atoms with Crippen molar-refractivity contribution in [1.29, 1.82) is 0 Å². The van der Waals surface area contributed by atoms with Crippen molar-refractivity contribution in [2.24, 2.45) is 7.05 Å². The smallest absolute Gasteiger partial charge is 0.154 e. The van der Waals surface area contributed by atoms with E-state index < -0.39 is 0 Å². The van der Waals surface area contributed by atoms with Crippen LogP contribution in [0.3, 0.4) is 0 Å². The molecule has 12 heavy (non-hydrogen) atoms. The van der Waals surface area contributed by atoms with Crippen molar-refractivity contribution >= 4 is 27.0 Å². The zero-order chi connectivity index (χ0) is 8.72. The highest BCUT2D eigenvalue weighted by Gasteiger charge is 2.07. The van der Waals surface area contributed by atoms with Crippen molar-refractivity contribution in [1.82, 2.24) is 15.0 Å². The van der Waals surface area contributed by atoms with E-state index in [-0.39, 0.29) is 5.82 Å². The molecule has 0 aliphatic heterocycles. The predicted molar refractivity (Wildman–Crippen MR) is 46.2 cm³/mol. The van der Waals surface area contributed by atoms with Gasteiger partial charge in [0.1, 0.15) is 5.52 Å². The molecule has 0 N–H and O–H groups in total. The number of hydrogen-bond acceptors (Lipinski definition) is 2. The molecule has 2 aromatic rings. The Balaban J connectivity index is 2.92. The Bertz CT molecular complexity index is 437. The fraction of sp³-hybridized carbons (Fsp3) is 0.143. The number of aromatic nitrogens is 3. The van der Waals surface area contributed by atoms with Crippen LogP contribution in [-0.4, -0.2) is 15.0 Å². The van der Waals surface area contributed by atoms with Crippen LogP contribution in [0.4, 0.5) is 4.39 Å². The second-order valence-electron chi connectivity index (χ2n) is 2.47. The number of fused-ring (bicyclic) bond motifs is 1. The lowest BCUT2D eigenvalue weighted by Crippen LogP contribution is -1.89. The van der Waals surface area contributed by atoms with Crippen molar-refractivity contribution in [2.75, 3.05) is 0 Å². The molecular formula is C7H5BrFN3. The number of halogens is 2. The summed E-state index contributed by atoms with van der Waals surface area (Å²) in [7, 11) is 1.72. The van der Waals surface area contributed by atoms with Crippen molar-refractivity contribution in [2.45, 2.75) is 0 Å². The van der Waals surface area contributed by atoms with Gasteiger partial charge in [-0.3, -0.25) is 0 Å².